The first-order valence-electron chi connectivity index (χ1n) is 11.3. The Morgan fingerprint density at radius 3 is 2.46 bits per heavy atom. The van der Waals surface area contributed by atoms with Crippen LogP contribution in [0.5, 0.6) is 11.5 Å². The molecule has 0 saturated carbocycles. The summed E-state index contributed by atoms with van der Waals surface area (Å²) in [5.41, 5.74) is 6.18. The molecule has 0 aliphatic rings. The largest absolute Gasteiger partial charge is 0.483 e. The smallest absolute Gasteiger partial charge is 0.135 e. The van der Waals surface area contributed by atoms with Gasteiger partial charge in [-0.2, -0.15) is 11.2 Å². The molecule has 0 fully saturated rings. The first-order valence-corrected chi connectivity index (χ1v) is 11.3. The molecule has 3 aromatic carbocycles. The Morgan fingerprint density at radius 1 is 0.829 bits per heavy atom. The van der Waals surface area contributed by atoms with E-state index in [0.29, 0.717) is 5.75 Å². The van der Waals surface area contributed by atoms with Crippen LogP contribution in [0, 0.1) is 26.8 Å². The first kappa shape index (κ1) is 23.1. The number of rotatable bonds is 4. The third kappa shape index (κ3) is 4.17. The molecule has 6 aromatic rings. The number of aryl methyl sites for hydroxylation is 3. The maximum absolute atomic E-state index is 6.27. The third-order valence-electron chi connectivity index (χ3n) is 5.98. The van der Waals surface area contributed by atoms with Crippen molar-refractivity contribution in [3.8, 4) is 23.0 Å². The number of hydrogen-bond donors (Lipinski definition) is 0. The second-order valence-electron chi connectivity index (χ2n) is 8.57. The van der Waals surface area contributed by atoms with Crippen LogP contribution in [0.25, 0.3) is 33.3 Å². The number of para-hydroxylation sites is 1. The van der Waals surface area contributed by atoms with Crippen molar-refractivity contribution in [1.29, 1.82) is 0 Å². The fourth-order valence-corrected chi connectivity index (χ4v) is 4.46. The van der Waals surface area contributed by atoms with E-state index in [-0.39, 0.29) is 21.1 Å². The molecular weight excluding hydrogens is 615 g/mol. The van der Waals surface area contributed by atoms with E-state index in [1.807, 2.05) is 74.1 Å². The molecule has 0 aliphatic carbocycles. The maximum Gasteiger partial charge on any atom is 0.135 e. The summed E-state index contributed by atoms with van der Waals surface area (Å²) in [6.45, 7) is 6.09. The topological polar surface area (TPSA) is 44.9 Å². The molecule has 0 amide bonds. The van der Waals surface area contributed by atoms with Crippen molar-refractivity contribution < 1.29 is 25.8 Å². The molecule has 3 aromatic heterocycles. The van der Waals surface area contributed by atoms with Gasteiger partial charge in [0.15, 0.2) is 0 Å². The van der Waals surface area contributed by atoms with Crippen LogP contribution in [0.4, 0.5) is 0 Å². The Morgan fingerprint density at radius 2 is 1.69 bits per heavy atom. The SMILES string of the molecule is Cc1ccc(-n2c3[c-]c(Oc4cccc(-n5nc(C)cc5C)c4)ccc3c3ccccc32)nc1.[Pt]. The van der Waals surface area contributed by atoms with Gasteiger partial charge < -0.3 is 9.30 Å². The first-order chi connectivity index (χ1) is 16.6. The van der Waals surface area contributed by atoms with Gasteiger partial charge in [-0.05, 0) is 62.1 Å². The molecule has 3 heterocycles. The van der Waals surface area contributed by atoms with Gasteiger partial charge in [-0.3, -0.25) is 0 Å². The molecule has 6 rings (SSSR count). The summed E-state index contributed by atoms with van der Waals surface area (Å²) < 4.78 is 10.3. The minimum absolute atomic E-state index is 0. The van der Waals surface area contributed by atoms with Crippen molar-refractivity contribution >= 4 is 21.8 Å². The average molecular weight is 639 g/mol. The van der Waals surface area contributed by atoms with Crippen molar-refractivity contribution in [2.45, 2.75) is 20.8 Å². The summed E-state index contributed by atoms with van der Waals surface area (Å²) >= 11 is 0. The summed E-state index contributed by atoms with van der Waals surface area (Å²) in [6.07, 6.45) is 1.89. The van der Waals surface area contributed by atoms with Crippen LogP contribution < -0.4 is 4.74 Å². The van der Waals surface area contributed by atoms with Crippen LogP contribution in [0.1, 0.15) is 17.0 Å². The third-order valence-corrected chi connectivity index (χ3v) is 5.98. The molecule has 5 nitrogen and oxygen atoms in total. The van der Waals surface area contributed by atoms with Crippen molar-refractivity contribution in [3.63, 3.8) is 0 Å². The Balaban J connectivity index is 0.00000253. The standard InChI is InChI=1S/C29H23N4O.Pt/c1-19-11-14-29(30-18-19)32-27-10-5-4-9-25(27)26-13-12-24(17-28(26)32)34-23-8-6-7-22(16-23)33-21(3)15-20(2)31-33;/h4-16,18H,1-3H3;/q-1;. The Bertz CT molecular complexity index is 1660. The van der Waals surface area contributed by atoms with E-state index in [9.17, 15) is 0 Å². The zero-order valence-corrected chi connectivity index (χ0v) is 21.9. The van der Waals surface area contributed by atoms with Crippen LogP contribution in [0.15, 0.2) is 85.1 Å². The molecule has 0 aliphatic heterocycles. The van der Waals surface area contributed by atoms with Gasteiger partial charge in [0.25, 0.3) is 0 Å². The minimum Gasteiger partial charge on any atom is -0.483 e. The van der Waals surface area contributed by atoms with Crippen molar-refractivity contribution in [2.75, 3.05) is 0 Å². The summed E-state index contributed by atoms with van der Waals surface area (Å²) in [5, 5.41) is 6.86. The van der Waals surface area contributed by atoms with E-state index >= 15 is 0 Å². The molecule has 0 radical (unpaired) electrons. The minimum atomic E-state index is 0. The number of pyridine rings is 1. The van der Waals surface area contributed by atoms with Gasteiger partial charge in [-0.1, -0.05) is 35.8 Å². The molecular formula is C29H23N4OPt-. The van der Waals surface area contributed by atoms with Crippen molar-refractivity contribution in [1.82, 2.24) is 19.3 Å². The van der Waals surface area contributed by atoms with Gasteiger partial charge in [0.1, 0.15) is 11.6 Å². The van der Waals surface area contributed by atoms with Gasteiger partial charge in [-0.25, -0.2) is 9.67 Å². The quantitative estimate of drug-likeness (QED) is 0.198. The van der Waals surface area contributed by atoms with Gasteiger partial charge in [-0.15, -0.1) is 17.5 Å². The normalized spacial score (nSPS) is 11.1. The predicted molar refractivity (Wildman–Crippen MR) is 135 cm³/mol. The number of ether oxygens (including phenoxy) is 1. The molecule has 35 heavy (non-hydrogen) atoms. The van der Waals surface area contributed by atoms with Crippen LogP contribution in [0.3, 0.4) is 0 Å². The number of nitrogens with zero attached hydrogens (tertiary/aromatic N) is 4. The van der Waals surface area contributed by atoms with Crippen molar-refractivity contribution in [3.05, 3.63) is 108 Å². The van der Waals surface area contributed by atoms with Gasteiger partial charge in [0.05, 0.1) is 11.4 Å². The number of hydrogen-bond acceptors (Lipinski definition) is 3. The Kier molecular flexibility index (Phi) is 6.04. The predicted octanol–water partition coefficient (Wildman–Crippen LogP) is 6.88. The molecule has 176 valence electrons. The summed E-state index contributed by atoms with van der Waals surface area (Å²) in [6, 6.07) is 30.1. The van der Waals surface area contributed by atoms with Crippen LogP contribution in [-0.4, -0.2) is 19.3 Å². The molecule has 0 saturated heterocycles. The fraction of sp³-hybridized carbons (Fsp3) is 0.103. The van der Waals surface area contributed by atoms with Crippen LogP contribution >= 0.6 is 0 Å². The van der Waals surface area contributed by atoms with E-state index in [2.05, 4.69) is 57.1 Å². The zero-order chi connectivity index (χ0) is 23.2. The Labute approximate surface area is 218 Å². The summed E-state index contributed by atoms with van der Waals surface area (Å²) in [5.74, 6) is 2.24. The van der Waals surface area contributed by atoms with Crippen LogP contribution in [-0.2, 0) is 21.1 Å². The number of benzene rings is 3. The Hall–Kier alpha value is -3.69. The molecule has 0 unspecified atom stereocenters. The molecule has 0 spiro atoms. The van der Waals surface area contributed by atoms with E-state index < -0.39 is 0 Å². The summed E-state index contributed by atoms with van der Waals surface area (Å²) in [4.78, 5) is 4.68. The molecule has 6 heteroatoms. The molecule has 0 atom stereocenters. The second kappa shape index (κ2) is 9.16. The molecule has 0 bridgehead atoms. The van der Waals surface area contributed by atoms with E-state index in [1.165, 1.54) is 0 Å². The zero-order valence-electron chi connectivity index (χ0n) is 19.6. The average Bonchev–Trinajstić information content (AvgIpc) is 3.35. The van der Waals surface area contributed by atoms with Crippen LogP contribution in [0.2, 0.25) is 0 Å². The van der Waals surface area contributed by atoms with Crippen molar-refractivity contribution in [2.24, 2.45) is 0 Å². The van der Waals surface area contributed by atoms with Gasteiger partial charge >= 0.3 is 0 Å². The van der Waals surface area contributed by atoms with E-state index in [0.717, 1.165) is 56.0 Å². The second-order valence-corrected chi connectivity index (χ2v) is 8.57. The van der Waals surface area contributed by atoms with Gasteiger partial charge in [0, 0.05) is 50.3 Å². The maximum atomic E-state index is 6.27. The molecule has 0 N–H and O–H groups in total. The number of aromatic nitrogens is 4. The fourth-order valence-electron chi connectivity index (χ4n) is 4.46. The summed E-state index contributed by atoms with van der Waals surface area (Å²) in [7, 11) is 0. The van der Waals surface area contributed by atoms with Gasteiger partial charge in [0.2, 0.25) is 0 Å². The monoisotopic (exact) mass is 638 g/mol. The van der Waals surface area contributed by atoms with E-state index in [4.69, 9.17) is 4.74 Å². The van der Waals surface area contributed by atoms with E-state index in [1.54, 1.807) is 0 Å². The number of fused-ring (bicyclic) bond motifs is 3.